The molecule has 2 amide bonds. The highest BCUT2D eigenvalue weighted by Crippen LogP contribution is 2.41. The smallest absolute Gasteiger partial charge is 0.240 e. The van der Waals surface area contributed by atoms with E-state index in [-0.39, 0.29) is 24.4 Å². The molecule has 3 rings (SSSR count). The molecule has 0 saturated heterocycles. The molecule has 1 N–H and O–H groups in total. The zero-order chi connectivity index (χ0) is 18.2. The van der Waals surface area contributed by atoms with Crippen LogP contribution in [0.15, 0.2) is 41.0 Å². The average Bonchev–Trinajstić information content (AvgIpc) is 3.09. The fraction of sp³-hybridized carbons (Fsp3) is 0.400. The number of aryl methyl sites for hydroxylation is 1. The van der Waals surface area contributed by atoms with Crippen molar-refractivity contribution in [1.29, 1.82) is 0 Å². The van der Waals surface area contributed by atoms with Gasteiger partial charge in [0, 0.05) is 18.2 Å². The maximum absolute atomic E-state index is 12.8. The number of furan rings is 1. The van der Waals surface area contributed by atoms with Crippen LogP contribution in [0.3, 0.4) is 0 Å². The Kier molecular flexibility index (Phi) is 4.41. The van der Waals surface area contributed by atoms with E-state index in [1.807, 2.05) is 58.0 Å². The third kappa shape index (κ3) is 3.31. The Balaban J connectivity index is 1.70. The standard InChI is InChI=1S/C20H24N2O3/c1-13-7-8-17-16(10-13)20(3,4)19(24)22(17)12-18(23)21-14(2)11-15-6-5-9-25-15/h5-10,14H,11-12H2,1-4H3,(H,21,23). The summed E-state index contributed by atoms with van der Waals surface area (Å²) in [5, 5.41) is 2.94. The van der Waals surface area contributed by atoms with Crippen molar-refractivity contribution >= 4 is 17.5 Å². The highest BCUT2D eigenvalue weighted by atomic mass is 16.3. The summed E-state index contributed by atoms with van der Waals surface area (Å²) in [6.45, 7) is 7.77. The van der Waals surface area contributed by atoms with Gasteiger partial charge in [0.2, 0.25) is 11.8 Å². The lowest BCUT2D eigenvalue weighted by Crippen LogP contribution is -2.45. The normalized spacial score (nSPS) is 16.6. The van der Waals surface area contributed by atoms with Crippen molar-refractivity contribution in [2.45, 2.75) is 45.6 Å². The third-order valence-corrected chi connectivity index (χ3v) is 4.69. The first-order chi connectivity index (χ1) is 11.8. The Labute approximate surface area is 148 Å². The van der Waals surface area contributed by atoms with Crippen molar-refractivity contribution in [2.24, 2.45) is 0 Å². The molecular formula is C20H24N2O3. The zero-order valence-corrected chi connectivity index (χ0v) is 15.1. The highest BCUT2D eigenvalue weighted by Gasteiger charge is 2.44. The molecule has 5 nitrogen and oxygen atoms in total. The number of amides is 2. The minimum atomic E-state index is -0.610. The van der Waals surface area contributed by atoms with Gasteiger partial charge in [0.15, 0.2) is 0 Å². The zero-order valence-electron chi connectivity index (χ0n) is 15.1. The van der Waals surface area contributed by atoms with Crippen LogP contribution in [0.5, 0.6) is 0 Å². The minimum Gasteiger partial charge on any atom is -0.469 e. The van der Waals surface area contributed by atoms with Crippen LogP contribution >= 0.6 is 0 Å². The SMILES string of the molecule is Cc1ccc2c(c1)C(C)(C)C(=O)N2CC(=O)NC(C)Cc1ccco1. The number of hydrogen-bond acceptors (Lipinski definition) is 3. The summed E-state index contributed by atoms with van der Waals surface area (Å²) in [5.41, 5.74) is 2.31. The maximum atomic E-state index is 12.8. The molecule has 1 atom stereocenters. The van der Waals surface area contributed by atoms with E-state index in [0.717, 1.165) is 22.6 Å². The number of carbonyl (C=O) groups is 2. The topological polar surface area (TPSA) is 62.6 Å². The van der Waals surface area contributed by atoms with Crippen molar-refractivity contribution in [3.8, 4) is 0 Å². The van der Waals surface area contributed by atoms with Crippen LogP contribution in [0.2, 0.25) is 0 Å². The summed E-state index contributed by atoms with van der Waals surface area (Å²) in [7, 11) is 0. The Morgan fingerprint density at radius 3 is 2.76 bits per heavy atom. The lowest BCUT2D eigenvalue weighted by molar-refractivity contribution is -0.125. The van der Waals surface area contributed by atoms with E-state index >= 15 is 0 Å². The number of fused-ring (bicyclic) bond motifs is 1. The summed E-state index contributed by atoms with van der Waals surface area (Å²) < 4.78 is 5.31. The first-order valence-corrected chi connectivity index (χ1v) is 8.54. The van der Waals surface area contributed by atoms with E-state index in [1.165, 1.54) is 0 Å². The predicted molar refractivity (Wildman–Crippen MR) is 96.6 cm³/mol. The van der Waals surface area contributed by atoms with E-state index in [1.54, 1.807) is 11.2 Å². The molecule has 0 saturated carbocycles. The molecule has 5 heteroatoms. The molecule has 0 fully saturated rings. The second-order valence-electron chi connectivity index (χ2n) is 7.29. The second kappa shape index (κ2) is 6.39. The number of rotatable bonds is 5. The number of anilines is 1. The number of nitrogens with zero attached hydrogens (tertiary/aromatic N) is 1. The van der Waals surface area contributed by atoms with Gasteiger partial charge in [-0.05, 0) is 51.5 Å². The number of hydrogen-bond donors (Lipinski definition) is 1. The van der Waals surface area contributed by atoms with Crippen LogP contribution in [0.1, 0.15) is 37.7 Å². The number of benzene rings is 1. The molecule has 0 aliphatic carbocycles. The van der Waals surface area contributed by atoms with Crippen LogP contribution in [-0.4, -0.2) is 24.4 Å². The van der Waals surface area contributed by atoms with Gasteiger partial charge in [0.05, 0.1) is 11.7 Å². The van der Waals surface area contributed by atoms with E-state index < -0.39 is 5.41 Å². The second-order valence-corrected chi connectivity index (χ2v) is 7.29. The number of carbonyl (C=O) groups excluding carboxylic acids is 2. The molecule has 1 aromatic heterocycles. The molecule has 1 aliphatic rings. The monoisotopic (exact) mass is 340 g/mol. The fourth-order valence-corrected chi connectivity index (χ4v) is 3.35. The molecule has 2 aromatic rings. The van der Waals surface area contributed by atoms with Gasteiger partial charge in [-0.2, -0.15) is 0 Å². The minimum absolute atomic E-state index is 0.0286. The van der Waals surface area contributed by atoms with Gasteiger partial charge in [-0.3, -0.25) is 9.59 Å². The molecule has 0 radical (unpaired) electrons. The first kappa shape index (κ1) is 17.3. The molecule has 1 aliphatic heterocycles. The van der Waals surface area contributed by atoms with Gasteiger partial charge >= 0.3 is 0 Å². The third-order valence-electron chi connectivity index (χ3n) is 4.69. The Morgan fingerprint density at radius 2 is 2.08 bits per heavy atom. The maximum Gasteiger partial charge on any atom is 0.240 e. The highest BCUT2D eigenvalue weighted by molar-refractivity contribution is 6.10. The van der Waals surface area contributed by atoms with Crippen LogP contribution in [0.4, 0.5) is 5.69 Å². The number of nitrogens with one attached hydrogen (secondary N) is 1. The summed E-state index contributed by atoms with van der Waals surface area (Å²) in [4.78, 5) is 26.8. The van der Waals surface area contributed by atoms with E-state index in [0.29, 0.717) is 6.42 Å². The summed E-state index contributed by atoms with van der Waals surface area (Å²) in [6.07, 6.45) is 2.24. The van der Waals surface area contributed by atoms with Crippen molar-refractivity contribution in [1.82, 2.24) is 5.32 Å². The Hall–Kier alpha value is -2.56. The molecule has 0 spiro atoms. The van der Waals surface area contributed by atoms with Gasteiger partial charge in [-0.25, -0.2) is 0 Å². The van der Waals surface area contributed by atoms with Gasteiger partial charge in [0.25, 0.3) is 0 Å². The Morgan fingerprint density at radius 1 is 1.32 bits per heavy atom. The predicted octanol–water partition coefficient (Wildman–Crippen LogP) is 2.96. The van der Waals surface area contributed by atoms with Gasteiger partial charge in [-0.1, -0.05) is 17.7 Å². The lowest BCUT2D eigenvalue weighted by atomic mass is 9.85. The molecule has 2 heterocycles. The van der Waals surface area contributed by atoms with Gasteiger partial charge in [-0.15, -0.1) is 0 Å². The fourth-order valence-electron chi connectivity index (χ4n) is 3.35. The molecule has 1 aromatic carbocycles. The summed E-state index contributed by atoms with van der Waals surface area (Å²) in [6, 6.07) is 9.57. The summed E-state index contributed by atoms with van der Waals surface area (Å²) >= 11 is 0. The Bertz CT molecular complexity index is 793. The van der Waals surface area contributed by atoms with Gasteiger partial charge in [0.1, 0.15) is 12.3 Å². The van der Waals surface area contributed by atoms with Crippen molar-refractivity contribution in [3.63, 3.8) is 0 Å². The van der Waals surface area contributed by atoms with Gasteiger partial charge < -0.3 is 14.6 Å². The van der Waals surface area contributed by atoms with Crippen LogP contribution in [0, 0.1) is 6.92 Å². The average molecular weight is 340 g/mol. The van der Waals surface area contributed by atoms with E-state index in [2.05, 4.69) is 5.32 Å². The molecule has 132 valence electrons. The quantitative estimate of drug-likeness (QED) is 0.910. The van der Waals surface area contributed by atoms with Crippen molar-refractivity contribution in [2.75, 3.05) is 11.4 Å². The van der Waals surface area contributed by atoms with E-state index in [9.17, 15) is 9.59 Å². The van der Waals surface area contributed by atoms with Crippen LogP contribution < -0.4 is 10.2 Å². The molecule has 0 bridgehead atoms. The first-order valence-electron chi connectivity index (χ1n) is 8.54. The summed E-state index contributed by atoms with van der Waals surface area (Å²) in [5.74, 6) is 0.616. The lowest BCUT2D eigenvalue weighted by Gasteiger charge is -2.21. The molecule has 25 heavy (non-hydrogen) atoms. The molecular weight excluding hydrogens is 316 g/mol. The largest absolute Gasteiger partial charge is 0.469 e. The van der Waals surface area contributed by atoms with E-state index in [4.69, 9.17) is 4.42 Å². The van der Waals surface area contributed by atoms with Crippen molar-refractivity contribution < 1.29 is 14.0 Å². The van der Waals surface area contributed by atoms with Crippen LogP contribution in [-0.2, 0) is 21.4 Å². The molecule has 1 unspecified atom stereocenters. The van der Waals surface area contributed by atoms with Crippen molar-refractivity contribution in [3.05, 3.63) is 53.5 Å². The van der Waals surface area contributed by atoms with Crippen LogP contribution in [0.25, 0.3) is 0 Å².